The van der Waals surface area contributed by atoms with Crippen molar-refractivity contribution in [1.82, 2.24) is 0 Å². The Balaban J connectivity index is 2.26. The van der Waals surface area contributed by atoms with Gasteiger partial charge in [0.05, 0.1) is 4.92 Å². The lowest BCUT2D eigenvalue weighted by molar-refractivity contribution is -0.386. The first-order valence-corrected chi connectivity index (χ1v) is 6.66. The molecule has 0 saturated heterocycles. The number of benzene rings is 1. The lowest BCUT2D eigenvalue weighted by Gasteiger charge is -2.34. The van der Waals surface area contributed by atoms with Gasteiger partial charge in [0.1, 0.15) is 5.69 Å². The lowest BCUT2D eigenvalue weighted by Crippen LogP contribution is -2.35. The van der Waals surface area contributed by atoms with Crippen LogP contribution < -0.4 is 4.90 Å². The fourth-order valence-electron chi connectivity index (χ4n) is 2.80. The van der Waals surface area contributed by atoms with E-state index < -0.39 is 16.4 Å². The summed E-state index contributed by atoms with van der Waals surface area (Å²) in [5.41, 5.74) is -0.0341. The van der Waals surface area contributed by atoms with Crippen molar-refractivity contribution in [2.24, 2.45) is 5.92 Å². The molecule has 5 heteroatoms. The first kappa shape index (κ1) is 13.8. The molecule has 0 N–H and O–H groups in total. The second-order valence-electron chi connectivity index (χ2n) is 5.39. The fraction of sp³-hybridized carbons (Fsp3) is 0.571. The highest BCUT2D eigenvalue weighted by atomic mass is 19.1. The quantitative estimate of drug-likeness (QED) is 0.618. The van der Waals surface area contributed by atoms with Gasteiger partial charge in [-0.15, -0.1) is 0 Å². The molecule has 0 aliphatic heterocycles. The molecule has 0 radical (unpaired) electrons. The SMILES string of the molecule is CC1CCC(N(C)c2cccc(F)c2[N+](=O)[O-])CC1. The third kappa shape index (κ3) is 2.85. The maximum absolute atomic E-state index is 13.6. The zero-order valence-electron chi connectivity index (χ0n) is 11.3. The Morgan fingerprint density at radius 2 is 1.95 bits per heavy atom. The van der Waals surface area contributed by atoms with Gasteiger partial charge in [-0.1, -0.05) is 13.0 Å². The van der Waals surface area contributed by atoms with Gasteiger partial charge in [-0.25, -0.2) is 0 Å². The maximum atomic E-state index is 13.6. The first-order valence-electron chi connectivity index (χ1n) is 6.66. The van der Waals surface area contributed by atoms with Crippen LogP contribution in [-0.2, 0) is 0 Å². The predicted octanol–water partition coefficient (Wildman–Crippen LogP) is 3.75. The average molecular weight is 266 g/mol. The highest BCUT2D eigenvalue weighted by Crippen LogP contribution is 2.35. The molecular formula is C14H19FN2O2. The topological polar surface area (TPSA) is 46.4 Å². The highest BCUT2D eigenvalue weighted by molar-refractivity contribution is 5.63. The van der Waals surface area contributed by atoms with Gasteiger partial charge >= 0.3 is 5.69 Å². The monoisotopic (exact) mass is 266 g/mol. The molecule has 104 valence electrons. The number of hydrogen-bond acceptors (Lipinski definition) is 3. The van der Waals surface area contributed by atoms with Gasteiger partial charge in [0.2, 0.25) is 5.82 Å². The summed E-state index contributed by atoms with van der Waals surface area (Å²) in [5.74, 6) is -0.0503. The molecule has 0 heterocycles. The Morgan fingerprint density at radius 3 is 2.53 bits per heavy atom. The van der Waals surface area contributed by atoms with E-state index in [2.05, 4.69) is 6.92 Å². The summed E-state index contributed by atoms with van der Waals surface area (Å²) in [5, 5.41) is 11.0. The summed E-state index contributed by atoms with van der Waals surface area (Å²) in [6.07, 6.45) is 4.26. The summed E-state index contributed by atoms with van der Waals surface area (Å²) in [4.78, 5) is 12.3. The predicted molar refractivity (Wildman–Crippen MR) is 72.9 cm³/mol. The molecule has 2 rings (SSSR count). The van der Waals surface area contributed by atoms with Crippen molar-refractivity contribution < 1.29 is 9.31 Å². The van der Waals surface area contributed by atoms with Gasteiger partial charge in [-0.3, -0.25) is 10.1 Å². The number of anilines is 1. The molecule has 1 aliphatic carbocycles. The molecule has 0 bridgehead atoms. The summed E-state index contributed by atoms with van der Waals surface area (Å²) in [7, 11) is 1.82. The summed E-state index contributed by atoms with van der Waals surface area (Å²) in [6, 6.07) is 4.55. The number of halogens is 1. The molecule has 4 nitrogen and oxygen atoms in total. The molecular weight excluding hydrogens is 247 g/mol. The van der Waals surface area contributed by atoms with Crippen LogP contribution in [0.4, 0.5) is 15.8 Å². The summed E-state index contributed by atoms with van der Waals surface area (Å²) < 4.78 is 13.6. The lowest BCUT2D eigenvalue weighted by atomic mass is 9.86. The van der Waals surface area contributed by atoms with Crippen LogP contribution in [0.25, 0.3) is 0 Å². The molecule has 1 saturated carbocycles. The van der Waals surface area contributed by atoms with Crippen LogP contribution in [0.15, 0.2) is 18.2 Å². The minimum atomic E-state index is -0.765. The van der Waals surface area contributed by atoms with Crippen LogP contribution >= 0.6 is 0 Å². The molecule has 0 spiro atoms. The van der Waals surface area contributed by atoms with Gasteiger partial charge < -0.3 is 4.90 Å². The second-order valence-corrected chi connectivity index (χ2v) is 5.39. The molecule has 0 atom stereocenters. The summed E-state index contributed by atoms with van der Waals surface area (Å²) in [6.45, 7) is 2.22. The molecule has 0 aromatic heterocycles. The van der Waals surface area contributed by atoms with Crippen LogP contribution in [0.1, 0.15) is 32.6 Å². The first-order chi connectivity index (χ1) is 9.00. The Morgan fingerprint density at radius 1 is 1.32 bits per heavy atom. The molecule has 1 aliphatic rings. The smallest absolute Gasteiger partial charge is 0.327 e. The van der Waals surface area contributed by atoms with Crippen molar-refractivity contribution >= 4 is 11.4 Å². The third-order valence-electron chi connectivity index (χ3n) is 4.06. The fourth-order valence-corrected chi connectivity index (χ4v) is 2.80. The van der Waals surface area contributed by atoms with Crippen molar-refractivity contribution in [3.63, 3.8) is 0 Å². The number of para-hydroxylation sites is 1. The van der Waals surface area contributed by atoms with Gasteiger partial charge in [-0.05, 0) is 43.7 Å². The standard InChI is InChI=1S/C14H19FN2O2/c1-10-6-8-11(9-7-10)16(2)13-5-3-4-12(15)14(13)17(18)19/h3-5,10-11H,6-9H2,1-2H3. The Bertz CT molecular complexity index is 471. The van der Waals surface area contributed by atoms with Crippen molar-refractivity contribution in [2.45, 2.75) is 38.6 Å². The normalized spacial score (nSPS) is 23.1. The second kappa shape index (κ2) is 5.55. The van der Waals surface area contributed by atoms with E-state index in [-0.39, 0.29) is 6.04 Å². The third-order valence-corrected chi connectivity index (χ3v) is 4.06. The molecule has 1 fully saturated rings. The van der Waals surface area contributed by atoms with Crippen molar-refractivity contribution in [3.05, 3.63) is 34.1 Å². The van der Waals surface area contributed by atoms with Crippen LogP contribution in [-0.4, -0.2) is 18.0 Å². The Kier molecular flexibility index (Phi) is 4.02. The van der Waals surface area contributed by atoms with E-state index in [1.54, 1.807) is 6.07 Å². The molecule has 0 amide bonds. The van der Waals surface area contributed by atoms with E-state index in [0.717, 1.165) is 31.7 Å². The van der Waals surface area contributed by atoms with Crippen LogP contribution in [0.5, 0.6) is 0 Å². The molecule has 1 aromatic carbocycles. The molecule has 19 heavy (non-hydrogen) atoms. The zero-order valence-corrected chi connectivity index (χ0v) is 11.3. The minimum Gasteiger partial charge on any atom is -0.366 e. The van der Waals surface area contributed by atoms with Crippen molar-refractivity contribution in [2.75, 3.05) is 11.9 Å². The Hall–Kier alpha value is -1.65. The number of hydrogen-bond donors (Lipinski definition) is 0. The Labute approximate surface area is 112 Å². The number of nitro groups is 1. The van der Waals surface area contributed by atoms with Crippen molar-refractivity contribution in [1.29, 1.82) is 0 Å². The van der Waals surface area contributed by atoms with Gasteiger partial charge in [0.15, 0.2) is 0 Å². The number of rotatable bonds is 3. The van der Waals surface area contributed by atoms with Gasteiger partial charge in [-0.2, -0.15) is 4.39 Å². The maximum Gasteiger partial charge on any atom is 0.327 e. The van der Waals surface area contributed by atoms with Crippen LogP contribution in [0.3, 0.4) is 0 Å². The largest absolute Gasteiger partial charge is 0.366 e. The molecule has 1 aromatic rings. The van der Waals surface area contributed by atoms with Gasteiger partial charge in [0.25, 0.3) is 0 Å². The zero-order chi connectivity index (χ0) is 14.0. The van der Waals surface area contributed by atoms with E-state index >= 15 is 0 Å². The van der Waals surface area contributed by atoms with Crippen LogP contribution in [0.2, 0.25) is 0 Å². The summed E-state index contributed by atoms with van der Waals surface area (Å²) >= 11 is 0. The van der Waals surface area contributed by atoms with E-state index in [9.17, 15) is 14.5 Å². The van der Waals surface area contributed by atoms with E-state index in [1.165, 1.54) is 6.07 Å². The van der Waals surface area contributed by atoms with E-state index in [4.69, 9.17) is 0 Å². The average Bonchev–Trinajstić information content (AvgIpc) is 2.38. The van der Waals surface area contributed by atoms with Crippen LogP contribution in [0, 0.1) is 21.8 Å². The van der Waals surface area contributed by atoms with E-state index in [0.29, 0.717) is 11.6 Å². The molecule has 0 unspecified atom stereocenters. The van der Waals surface area contributed by atoms with E-state index in [1.807, 2.05) is 11.9 Å². The van der Waals surface area contributed by atoms with Crippen molar-refractivity contribution in [3.8, 4) is 0 Å². The number of nitrogens with zero attached hydrogens (tertiary/aromatic N) is 2. The highest BCUT2D eigenvalue weighted by Gasteiger charge is 2.28. The number of nitro benzene ring substituents is 1. The van der Waals surface area contributed by atoms with Gasteiger partial charge in [0, 0.05) is 13.1 Å². The minimum absolute atomic E-state index is 0.261.